The Hall–Kier alpha value is -1.81. The molecule has 146 valence electrons. The van der Waals surface area contributed by atoms with Gasteiger partial charge in [0, 0.05) is 10.0 Å². The van der Waals surface area contributed by atoms with Gasteiger partial charge in [-0.25, -0.2) is 8.42 Å². The van der Waals surface area contributed by atoms with Gasteiger partial charge in [-0.05, 0) is 42.8 Å². The van der Waals surface area contributed by atoms with Crippen molar-refractivity contribution < 1.29 is 22.7 Å². The Balaban J connectivity index is 2.15. The molecule has 0 radical (unpaired) electrons. The summed E-state index contributed by atoms with van der Waals surface area (Å²) >= 11 is 9.39. The van der Waals surface area contributed by atoms with Crippen molar-refractivity contribution in [3.05, 3.63) is 51.5 Å². The van der Waals surface area contributed by atoms with Crippen LogP contribution in [0.3, 0.4) is 0 Å². The molecule has 0 aliphatic heterocycles. The lowest BCUT2D eigenvalue weighted by molar-refractivity contribution is 0.0944. The minimum Gasteiger partial charge on any atom is -0.493 e. The molecular formula is C17H18BrClN2O5S. The minimum absolute atomic E-state index is 0.00456. The summed E-state index contributed by atoms with van der Waals surface area (Å²) in [6.45, 7) is 2.38. The van der Waals surface area contributed by atoms with Gasteiger partial charge in [-0.2, -0.15) is 0 Å². The zero-order valence-corrected chi connectivity index (χ0v) is 17.7. The van der Waals surface area contributed by atoms with E-state index in [4.69, 9.17) is 21.1 Å². The van der Waals surface area contributed by atoms with E-state index in [1.165, 1.54) is 31.4 Å². The van der Waals surface area contributed by atoms with E-state index < -0.39 is 15.9 Å². The van der Waals surface area contributed by atoms with Gasteiger partial charge < -0.3 is 9.47 Å². The molecule has 2 rings (SSSR count). The van der Waals surface area contributed by atoms with E-state index in [2.05, 4.69) is 21.4 Å². The van der Waals surface area contributed by atoms with Crippen molar-refractivity contribution in [1.29, 1.82) is 0 Å². The molecule has 0 heterocycles. The lowest BCUT2D eigenvalue weighted by atomic mass is 10.2. The van der Waals surface area contributed by atoms with E-state index in [0.29, 0.717) is 12.4 Å². The molecule has 0 spiro atoms. The van der Waals surface area contributed by atoms with E-state index in [-0.39, 0.29) is 21.2 Å². The Morgan fingerprint density at radius 2 is 1.89 bits per heavy atom. The summed E-state index contributed by atoms with van der Waals surface area (Å²) in [5.41, 5.74) is 2.26. The molecule has 0 aliphatic carbocycles. The highest BCUT2D eigenvalue weighted by molar-refractivity contribution is 9.10. The highest BCUT2D eigenvalue weighted by Crippen LogP contribution is 2.36. The third kappa shape index (κ3) is 5.58. The summed E-state index contributed by atoms with van der Waals surface area (Å²) in [4.78, 5) is 14.4. The fourth-order valence-corrected chi connectivity index (χ4v) is 3.42. The number of rotatable bonds is 8. The number of hydrogen-bond donors (Lipinski definition) is 2. The largest absolute Gasteiger partial charge is 0.493 e. The van der Waals surface area contributed by atoms with E-state index >= 15 is 0 Å². The van der Waals surface area contributed by atoms with Gasteiger partial charge in [0.1, 0.15) is 0 Å². The van der Waals surface area contributed by atoms with E-state index in [1.807, 2.05) is 11.8 Å². The van der Waals surface area contributed by atoms with Crippen LogP contribution in [-0.2, 0) is 10.0 Å². The number of halogens is 2. The normalized spacial score (nSPS) is 11.1. The molecule has 2 aromatic rings. The first kappa shape index (κ1) is 21.5. The first-order valence-corrected chi connectivity index (χ1v) is 10.5. The smallest absolute Gasteiger partial charge is 0.266 e. The maximum absolute atomic E-state index is 12.3. The summed E-state index contributed by atoms with van der Waals surface area (Å²) in [5.74, 6) is -0.0946. The molecule has 0 fully saturated rings. The van der Waals surface area contributed by atoms with Gasteiger partial charge in [-0.1, -0.05) is 34.5 Å². The first-order valence-electron chi connectivity index (χ1n) is 7.86. The first-order chi connectivity index (χ1) is 12.8. The van der Waals surface area contributed by atoms with Gasteiger partial charge in [0.2, 0.25) is 0 Å². The fraction of sp³-hybridized carbons (Fsp3) is 0.235. The van der Waals surface area contributed by atoms with Crippen molar-refractivity contribution in [2.45, 2.75) is 18.2 Å². The quantitative estimate of drug-likeness (QED) is 0.567. The molecule has 10 heteroatoms. The van der Waals surface area contributed by atoms with Crippen molar-refractivity contribution in [3.8, 4) is 11.5 Å². The monoisotopic (exact) mass is 476 g/mol. The topological polar surface area (TPSA) is 93.7 Å². The number of carbonyl (C=O) groups is 1. The molecule has 0 saturated carbocycles. The van der Waals surface area contributed by atoms with Crippen molar-refractivity contribution in [2.75, 3.05) is 13.7 Å². The highest BCUT2D eigenvalue weighted by atomic mass is 79.9. The van der Waals surface area contributed by atoms with Crippen LogP contribution in [0.25, 0.3) is 0 Å². The predicted molar refractivity (Wildman–Crippen MR) is 106 cm³/mol. The SMILES string of the molecule is CCCOc1c(Cl)cc(C(=O)NNS(=O)(=O)c2ccc(Br)cc2)cc1OC. The Labute approximate surface area is 171 Å². The molecule has 0 bridgehead atoms. The van der Waals surface area contributed by atoms with Crippen LogP contribution in [0, 0.1) is 0 Å². The molecule has 0 unspecified atom stereocenters. The van der Waals surface area contributed by atoms with Crippen LogP contribution in [0.15, 0.2) is 45.8 Å². The molecule has 7 nitrogen and oxygen atoms in total. The number of carbonyl (C=O) groups excluding carboxylic acids is 1. The van der Waals surface area contributed by atoms with Crippen LogP contribution >= 0.6 is 27.5 Å². The Morgan fingerprint density at radius 3 is 2.48 bits per heavy atom. The third-order valence-electron chi connectivity index (χ3n) is 3.37. The number of methoxy groups -OCH3 is 1. The van der Waals surface area contributed by atoms with E-state index in [0.717, 1.165) is 10.9 Å². The van der Waals surface area contributed by atoms with Crippen molar-refractivity contribution >= 4 is 43.5 Å². The number of sulfonamides is 1. The molecular weight excluding hydrogens is 460 g/mol. The summed E-state index contributed by atoms with van der Waals surface area (Å²) in [5, 5.41) is 0.184. The van der Waals surface area contributed by atoms with Crippen LogP contribution < -0.4 is 19.7 Å². The van der Waals surface area contributed by atoms with Crippen LogP contribution in [-0.4, -0.2) is 28.0 Å². The second-order valence-corrected chi connectivity index (χ2v) is 8.36. The lowest BCUT2D eigenvalue weighted by Crippen LogP contribution is -2.41. The van der Waals surface area contributed by atoms with Gasteiger partial charge in [-0.3, -0.25) is 10.2 Å². The van der Waals surface area contributed by atoms with Crippen molar-refractivity contribution in [2.24, 2.45) is 0 Å². The average Bonchev–Trinajstić information content (AvgIpc) is 2.65. The minimum atomic E-state index is -3.92. The van der Waals surface area contributed by atoms with Gasteiger partial charge in [0.05, 0.1) is 23.6 Å². The second kappa shape index (κ2) is 9.41. The Morgan fingerprint density at radius 1 is 1.22 bits per heavy atom. The van der Waals surface area contributed by atoms with Gasteiger partial charge >= 0.3 is 0 Å². The number of hydrogen-bond acceptors (Lipinski definition) is 5. The summed E-state index contributed by atoms with van der Waals surface area (Å²) in [6, 6.07) is 8.75. The highest BCUT2D eigenvalue weighted by Gasteiger charge is 2.19. The van der Waals surface area contributed by atoms with Crippen LogP contribution in [0.1, 0.15) is 23.7 Å². The second-order valence-electron chi connectivity index (χ2n) is 5.35. The lowest BCUT2D eigenvalue weighted by Gasteiger charge is -2.14. The third-order valence-corrected chi connectivity index (χ3v) is 5.44. The van der Waals surface area contributed by atoms with Crippen molar-refractivity contribution in [3.63, 3.8) is 0 Å². The van der Waals surface area contributed by atoms with Crippen LogP contribution in [0.5, 0.6) is 11.5 Å². The van der Waals surface area contributed by atoms with Gasteiger partial charge in [0.15, 0.2) is 11.5 Å². The molecule has 0 saturated heterocycles. The molecule has 2 N–H and O–H groups in total. The van der Waals surface area contributed by atoms with Crippen LogP contribution in [0.4, 0.5) is 0 Å². The molecule has 1 amide bonds. The fourth-order valence-electron chi connectivity index (χ4n) is 2.05. The van der Waals surface area contributed by atoms with Crippen LogP contribution in [0.2, 0.25) is 5.02 Å². The van der Waals surface area contributed by atoms with Gasteiger partial charge in [-0.15, -0.1) is 4.83 Å². The number of hydrazine groups is 1. The molecule has 0 aliphatic rings. The summed E-state index contributed by atoms with van der Waals surface area (Å²) < 4.78 is 35.9. The average molecular weight is 478 g/mol. The number of amides is 1. The maximum Gasteiger partial charge on any atom is 0.266 e. The number of ether oxygens (including phenoxy) is 2. The zero-order valence-electron chi connectivity index (χ0n) is 14.6. The number of benzene rings is 2. The maximum atomic E-state index is 12.3. The summed E-state index contributed by atoms with van der Waals surface area (Å²) in [7, 11) is -2.50. The number of nitrogens with one attached hydrogen (secondary N) is 2. The van der Waals surface area contributed by atoms with Gasteiger partial charge in [0.25, 0.3) is 15.9 Å². The van der Waals surface area contributed by atoms with E-state index in [1.54, 1.807) is 12.1 Å². The molecule has 27 heavy (non-hydrogen) atoms. The Bertz CT molecular complexity index is 920. The summed E-state index contributed by atoms with van der Waals surface area (Å²) in [6.07, 6.45) is 0.777. The van der Waals surface area contributed by atoms with Crippen molar-refractivity contribution in [1.82, 2.24) is 10.3 Å². The Kier molecular flexibility index (Phi) is 7.49. The standard InChI is InChI=1S/C17H18BrClN2O5S/c1-3-8-26-16-14(19)9-11(10-15(16)25-2)17(22)20-21-27(23,24)13-6-4-12(18)5-7-13/h4-7,9-10,21H,3,8H2,1-2H3,(H,20,22). The molecule has 2 aromatic carbocycles. The zero-order chi connectivity index (χ0) is 20.0. The van der Waals surface area contributed by atoms with E-state index in [9.17, 15) is 13.2 Å². The molecule has 0 aromatic heterocycles. The predicted octanol–water partition coefficient (Wildman–Crippen LogP) is 3.52. The molecule has 0 atom stereocenters.